The van der Waals surface area contributed by atoms with Crippen LogP contribution in [0.3, 0.4) is 0 Å². The molecule has 3 saturated heterocycles. The van der Waals surface area contributed by atoms with Crippen LogP contribution in [-0.2, 0) is 33.2 Å². The highest BCUT2D eigenvalue weighted by Gasteiger charge is 2.71. The molecule has 0 amide bonds. The number of allylic oxidation sites excluding steroid dienone is 1. The van der Waals surface area contributed by atoms with Crippen LogP contribution in [0.1, 0.15) is 113 Å². The van der Waals surface area contributed by atoms with E-state index in [4.69, 9.17) is 28.4 Å². The summed E-state index contributed by atoms with van der Waals surface area (Å²) in [6.45, 7) is 14.6. The second kappa shape index (κ2) is 16.5. The molecule has 16 heteroatoms. The van der Waals surface area contributed by atoms with Crippen molar-refractivity contribution in [3.8, 4) is 0 Å². The van der Waals surface area contributed by atoms with Gasteiger partial charge in [0, 0.05) is 5.41 Å². The van der Waals surface area contributed by atoms with E-state index in [0.717, 1.165) is 38.5 Å². The first kappa shape index (κ1) is 47.2. The van der Waals surface area contributed by atoms with Crippen LogP contribution < -0.4 is 0 Å². The molecule has 8 aliphatic rings. The van der Waals surface area contributed by atoms with Gasteiger partial charge in [0.2, 0.25) is 0 Å². The monoisotopic (exact) mass is 882 g/mol. The number of aliphatic hydroxyl groups is 8. The second-order valence-electron chi connectivity index (χ2n) is 22.5. The van der Waals surface area contributed by atoms with E-state index in [1.165, 1.54) is 12.5 Å². The lowest BCUT2D eigenvalue weighted by molar-refractivity contribution is -0.378. The molecule has 7 fully saturated rings. The minimum Gasteiger partial charge on any atom is -0.481 e. The molecule has 4 saturated carbocycles. The number of rotatable bonds is 8. The lowest BCUT2D eigenvalue weighted by Crippen LogP contribution is -2.67. The molecule has 0 aromatic rings. The van der Waals surface area contributed by atoms with Gasteiger partial charge in [-0.05, 0) is 111 Å². The predicted octanol–water partition coefficient (Wildman–Crippen LogP) is 1.98. The Morgan fingerprint density at radius 2 is 1.35 bits per heavy atom. The van der Waals surface area contributed by atoms with Gasteiger partial charge in [0.15, 0.2) is 18.9 Å². The van der Waals surface area contributed by atoms with Crippen molar-refractivity contribution in [3.63, 3.8) is 0 Å². The van der Waals surface area contributed by atoms with Crippen molar-refractivity contribution < 1.29 is 79.2 Å². The quantitative estimate of drug-likeness (QED) is 0.125. The molecule has 62 heavy (non-hydrogen) atoms. The molecule has 354 valence electrons. The molecule has 0 spiro atoms. The normalized spacial score (nSPS) is 53.6. The highest BCUT2D eigenvalue weighted by Crippen LogP contribution is 2.76. The largest absolute Gasteiger partial charge is 0.481 e. The van der Waals surface area contributed by atoms with E-state index in [-0.39, 0.29) is 59.9 Å². The van der Waals surface area contributed by atoms with E-state index < -0.39 is 102 Å². The Balaban J connectivity index is 1.01. The van der Waals surface area contributed by atoms with Crippen LogP contribution in [0.25, 0.3) is 0 Å². The fraction of sp³-hybridized carbons (Fsp3) is 0.935. The molecule has 21 atom stereocenters. The van der Waals surface area contributed by atoms with Crippen molar-refractivity contribution in [1.82, 2.24) is 0 Å². The molecular weight excluding hydrogens is 808 g/mol. The number of carbonyl (C=O) groups is 1. The number of carboxylic acids is 1. The summed E-state index contributed by atoms with van der Waals surface area (Å²) in [5, 5.41) is 97.6. The SMILES string of the molecule is CC1OC(OC2C(OC3CCC4(C)C(CCC5(C)C4CC=C4C6CC(C)(C)CCC6(C(=O)O)CCC45CO)C3(C)C)OCC(O)C2O)C(O)C(OC2OCC(O)C(O)C2O)C1O. The van der Waals surface area contributed by atoms with E-state index in [9.17, 15) is 50.8 Å². The highest BCUT2D eigenvalue weighted by molar-refractivity contribution is 5.76. The van der Waals surface area contributed by atoms with Gasteiger partial charge in [0.1, 0.15) is 54.9 Å². The summed E-state index contributed by atoms with van der Waals surface area (Å²) in [4.78, 5) is 13.1. The van der Waals surface area contributed by atoms with E-state index >= 15 is 0 Å². The number of ether oxygens (including phenoxy) is 6. The molecule has 5 aliphatic carbocycles. The van der Waals surface area contributed by atoms with Gasteiger partial charge in [-0.1, -0.05) is 53.2 Å². The van der Waals surface area contributed by atoms with E-state index in [1.54, 1.807) is 0 Å². The van der Waals surface area contributed by atoms with Crippen molar-refractivity contribution in [3.05, 3.63) is 11.6 Å². The number of hydrogen-bond donors (Lipinski definition) is 9. The zero-order valence-corrected chi connectivity index (χ0v) is 37.5. The molecule has 8 rings (SSSR count). The highest BCUT2D eigenvalue weighted by atomic mass is 16.8. The van der Waals surface area contributed by atoms with Crippen LogP contribution in [0.2, 0.25) is 0 Å². The maximum atomic E-state index is 13.1. The first-order valence-electron chi connectivity index (χ1n) is 23.1. The molecule has 0 bridgehead atoms. The molecule has 0 aromatic carbocycles. The van der Waals surface area contributed by atoms with Crippen LogP contribution in [0.5, 0.6) is 0 Å². The van der Waals surface area contributed by atoms with E-state index in [2.05, 4.69) is 47.6 Å². The number of aliphatic carboxylic acids is 1. The third kappa shape index (κ3) is 7.19. The van der Waals surface area contributed by atoms with Gasteiger partial charge in [0.05, 0.1) is 37.4 Å². The second-order valence-corrected chi connectivity index (χ2v) is 22.5. The lowest BCUT2D eigenvalue weighted by atomic mass is 9.33. The van der Waals surface area contributed by atoms with E-state index in [0.29, 0.717) is 25.7 Å². The smallest absolute Gasteiger partial charge is 0.310 e. The minimum absolute atomic E-state index is 0.00346. The van der Waals surface area contributed by atoms with Crippen LogP contribution in [-0.4, -0.2) is 158 Å². The van der Waals surface area contributed by atoms with Crippen molar-refractivity contribution in [1.29, 1.82) is 0 Å². The molecule has 0 radical (unpaired) electrons. The van der Waals surface area contributed by atoms with Crippen LogP contribution >= 0.6 is 0 Å². The third-order valence-electron chi connectivity index (χ3n) is 18.5. The zero-order chi connectivity index (χ0) is 45.1. The lowest BCUT2D eigenvalue weighted by Gasteiger charge is -2.71. The average molecular weight is 883 g/mol. The van der Waals surface area contributed by atoms with Crippen molar-refractivity contribution in [2.75, 3.05) is 19.8 Å². The maximum absolute atomic E-state index is 13.1. The molecule has 0 aromatic heterocycles. The van der Waals surface area contributed by atoms with Crippen molar-refractivity contribution >= 4 is 5.97 Å². The maximum Gasteiger partial charge on any atom is 0.310 e. The number of hydrogen-bond acceptors (Lipinski definition) is 15. The van der Waals surface area contributed by atoms with Gasteiger partial charge >= 0.3 is 5.97 Å². The summed E-state index contributed by atoms with van der Waals surface area (Å²) in [7, 11) is 0. The summed E-state index contributed by atoms with van der Waals surface area (Å²) < 4.78 is 36.1. The summed E-state index contributed by atoms with van der Waals surface area (Å²) in [6, 6.07) is 0. The van der Waals surface area contributed by atoms with E-state index in [1.807, 2.05) is 0 Å². The summed E-state index contributed by atoms with van der Waals surface area (Å²) in [6.07, 6.45) is -9.10. The molecule has 9 N–H and O–H groups in total. The first-order chi connectivity index (χ1) is 29.0. The Morgan fingerprint density at radius 1 is 0.710 bits per heavy atom. The fourth-order valence-electron chi connectivity index (χ4n) is 14.7. The van der Waals surface area contributed by atoms with Gasteiger partial charge in [-0.3, -0.25) is 4.79 Å². The Morgan fingerprint density at radius 3 is 2.03 bits per heavy atom. The topological polar surface area (TPSA) is 255 Å². The van der Waals surface area contributed by atoms with Gasteiger partial charge in [-0.15, -0.1) is 0 Å². The molecule has 3 heterocycles. The Kier molecular flexibility index (Phi) is 12.5. The molecular formula is C46H74O16. The van der Waals surface area contributed by atoms with Gasteiger partial charge in [-0.2, -0.15) is 0 Å². The number of carboxylic acid groups (broad SMARTS) is 1. The standard InChI is InChI=1S/C46H74O16/c1-22-30(50)35(61-37-33(53)31(51)25(48)19-57-37)34(54)38(59-22)62-36-32(52)26(49)20-58-39(36)60-29-11-12-43(6)27(42(29,4)5)10-13-44(7)28(43)9-8-23-24-18-41(2,3)14-15-45(24,40(55)56)16-17-46(23,44)21-47/h8,22,24-39,47-54H,9-21H2,1-7H3,(H,55,56). The van der Waals surface area contributed by atoms with Gasteiger partial charge in [-0.25, -0.2) is 0 Å². The summed E-state index contributed by atoms with van der Waals surface area (Å²) >= 11 is 0. The molecule has 21 unspecified atom stereocenters. The minimum atomic E-state index is -1.71. The zero-order valence-electron chi connectivity index (χ0n) is 37.5. The Hall–Kier alpha value is -1.35. The summed E-state index contributed by atoms with van der Waals surface area (Å²) in [5.74, 6) is -0.397. The van der Waals surface area contributed by atoms with Gasteiger partial charge in [0.25, 0.3) is 0 Å². The Bertz CT molecular complexity index is 1690. The van der Waals surface area contributed by atoms with Gasteiger partial charge < -0.3 is 74.4 Å². The number of aliphatic hydroxyl groups excluding tert-OH is 8. The summed E-state index contributed by atoms with van der Waals surface area (Å²) in [5.41, 5.74) is -0.932. The molecule has 3 aliphatic heterocycles. The van der Waals surface area contributed by atoms with Crippen molar-refractivity contribution in [2.45, 2.75) is 199 Å². The molecule has 16 nitrogen and oxygen atoms in total. The Labute approximate surface area is 364 Å². The fourth-order valence-corrected chi connectivity index (χ4v) is 14.7. The third-order valence-corrected chi connectivity index (χ3v) is 18.5. The first-order valence-corrected chi connectivity index (χ1v) is 23.1. The number of fused-ring (bicyclic) bond motifs is 7. The average Bonchev–Trinajstić information content (AvgIpc) is 3.21. The predicted molar refractivity (Wildman–Crippen MR) is 219 cm³/mol. The van der Waals surface area contributed by atoms with Crippen LogP contribution in [0, 0.1) is 50.2 Å². The van der Waals surface area contributed by atoms with Crippen LogP contribution in [0.4, 0.5) is 0 Å². The van der Waals surface area contributed by atoms with Crippen molar-refractivity contribution in [2.24, 2.45) is 50.2 Å². The van der Waals surface area contributed by atoms with Crippen LogP contribution in [0.15, 0.2) is 11.6 Å².